The van der Waals surface area contributed by atoms with Gasteiger partial charge in [-0.1, -0.05) is 42.5 Å². The number of phenolic OH excluding ortho intramolecular Hbond substituents is 1. The lowest BCUT2D eigenvalue weighted by molar-refractivity contribution is 0.133. The Balaban J connectivity index is 1.65. The zero-order chi connectivity index (χ0) is 21.5. The van der Waals surface area contributed by atoms with Crippen molar-refractivity contribution >= 4 is 6.03 Å². The number of hydrogen-bond acceptors (Lipinski definition) is 4. The van der Waals surface area contributed by atoms with E-state index in [1.807, 2.05) is 24.3 Å². The molecule has 162 valence electrons. The molecule has 6 heteroatoms. The van der Waals surface area contributed by atoms with Crippen molar-refractivity contribution in [2.45, 2.75) is 31.5 Å². The quantitative estimate of drug-likeness (QED) is 0.735. The number of rotatable bonds is 7. The molecule has 30 heavy (non-hydrogen) atoms. The number of nitrogens with one attached hydrogen (secondary N) is 1. The fourth-order valence-corrected chi connectivity index (χ4v) is 4.05. The summed E-state index contributed by atoms with van der Waals surface area (Å²) in [6.07, 6.45) is 2.31. The van der Waals surface area contributed by atoms with Crippen molar-refractivity contribution < 1.29 is 9.90 Å². The fourth-order valence-electron chi connectivity index (χ4n) is 4.05. The van der Waals surface area contributed by atoms with E-state index < -0.39 is 0 Å². The maximum Gasteiger partial charge on any atom is 0.317 e. The number of amides is 2. The Bertz CT molecular complexity index is 806. The molecule has 0 aromatic heterocycles. The first kappa shape index (κ1) is 22.1. The number of benzene rings is 2. The third-order valence-electron chi connectivity index (χ3n) is 5.96. The normalized spacial score (nSPS) is 16.4. The van der Waals surface area contributed by atoms with E-state index in [1.165, 1.54) is 0 Å². The van der Waals surface area contributed by atoms with Crippen LogP contribution in [0.5, 0.6) is 5.75 Å². The lowest BCUT2D eigenvalue weighted by atomic mass is 10.0. The standard InChI is InChI=1S/C24H34N4O2/c1-26-14-12-21(13-15-26)27(2)18-23(20-9-5-4-6-10-20)25-24(30)28(3)17-19-8-7-11-22(29)16-19/h4-11,16,21,23,29H,12-15,17-18H2,1-3H3,(H,25,30)/t23-/m1/s1. The second-order valence-electron chi connectivity index (χ2n) is 8.41. The average molecular weight is 411 g/mol. The number of urea groups is 1. The summed E-state index contributed by atoms with van der Waals surface area (Å²) in [6.45, 7) is 3.44. The van der Waals surface area contributed by atoms with Crippen molar-refractivity contribution in [1.82, 2.24) is 20.0 Å². The van der Waals surface area contributed by atoms with Crippen LogP contribution in [0, 0.1) is 0 Å². The van der Waals surface area contributed by atoms with E-state index in [0.717, 1.165) is 43.6 Å². The van der Waals surface area contributed by atoms with E-state index in [1.54, 1.807) is 30.1 Å². The van der Waals surface area contributed by atoms with Gasteiger partial charge < -0.3 is 25.1 Å². The minimum absolute atomic E-state index is 0.0880. The molecule has 0 saturated carbocycles. The fraction of sp³-hybridized carbons (Fsp3) is 0.458. The van der Waals surface area contributed by atoms with Gasteiger partial charge in [0.15, 0.2) is 0 Å². The summed E-state index contributed by atoms with van der Waals surface area (Å²) in [6, 6.07) is 17.5. The van der Waals surface area contributed by atoms with Crippen LogP contribution >= 0.6 is 0 Å². The first-order valence-electron chi connectivity index (χ1n) is 10.7. The van der Waals surface area contributed by atoms with Gasteiger partial charge in [0.25, 0.3) is 0 Å². The highest BCUT2D eigenvalue weighted by molar-refractivity contribution is 5.74. The third-order valence-corrected chi connectivity index (χ3v) is 5.96. The number of aromatic hydroxyl groups is 1. The van der Waals surface area contributed by atoms with Crippen molar-refractivity contribution in [2.75, 3.05) is 40.8 Å². The molecule has 3 rings (SSSR count). The molecule has 1 saturated heterocycles. The Morgan fingerprint density at radius 3 is 2.50 bits per heavy atom. The van der Waals surface area contributed by atoms with Gasteiger partial charge in [0.1, 0.15) is 5.75 Å². The third kappa shape index (κ3) is 6.21. The van der Waals surface area contributed by atoms with Gasteiger partial charge in [-0.3, -0.25) is 0 Å². The Labute approximate surface area is 180 Å². The molecule has 2 aromatic carbocycles. The SMILES string of the molecule is CN1CCC(N(C)C[C@@H](NC(=O)N(C)Cc2cccc(O)c2)c2ccccc2)CC1. The highest BCUT2D eigenvalue weighted by atomic mass is 16.3. The average Bonchev–Trinajstić information content (AvgIpc) is 2.74. The second-order valence-corrected chi connectivity index (χ2v) is 8.41. The molecule has 1 fully saturated rings. The van der Waals surface area contributed by atoms with Crippen LogP contribution < -0.4 is 5.32 Å². The van der Waals surface area contributed by atoms with Gasteiger partial charge in [0.2, 0.25) is 0 Å². The molecule has 1 aliphatic heterocycles. The Kier molecular flexibility index (Phi) is 7.71. The van der Waals surface area contributed by atoms with Crippen molar-refractivity contribution in [3.8, 4) is 5.75 Å². The molecular formula is C24H34N4O2. The molecule has 0 unspecified atom stereocenters. The summed E-state index contributed by atoms with van der Waals surface area (Å²) in [5.41, 5.74) is 2.00. The lowest BCUT2D eigenvalue weighted by Crippen LogP contribution is -2.47. The summed E-state index contributed by atoms with van der Waals surface area (Å²) >= 11 is 0. The highest BCUT2D eigenvalue weighted by Gasteiger charge is 2.25. The van der Waals surface area contributed by atoms with Crippen molar-refractivity contribution in [2.24, 2.45) is 0 Å². The first-order chi connectivity index (χ1) is 14.4. The number of likely N-dealkylation sites (N-methyl/N-ethyl adjacent to an activating group) is 1. The summed E-state index contributed by atoms with van der Waals surface area (Å²) in [5, 5.41) is 12.9. The minimum atomic E-state index is -0.121. The molecule has 0 radical (unpaired) electrons. The van der Waals surface area contributed by atoms with E-state index in [2.05, 4.69) is 41.3 Å². The van der Waals surface area contributed by atoms with E-state index in [0.29, 0.717) is 12.6 Å². The highest BCUT2D eigenvalue weighted by Crippen LogP contribution is 2.20. The zero-order valence-corrected chi connectivity index (χ0v) is 18.3. The smallest absolute Gasteiger partial charge is 0.317 e. The molecule has 1 heterocycles. The number of likely N-dealkylation sites (tertiary alicyclic amines) is 1. The maximum absolute atomic E-state index is 12.9. The Morgan fingerprint density at radius 1 is 1.13 bits per heavy atom. The van der Waals surface area contributed by atoms with Crippen LogP contribution in [-0.4, -0.2) is 72.7 Å². The van der Waals surface area contributed by atoms with Gasteiger partial charge in [-0.25, -0.2) is 4.79 Å². The predicted octanol–water partition coefficient (Wildman–Crippen LogP) is 3.30. The van der Waals surface area contributed by atoms with Crippen LogP contribution in [0.15, 0.2) is 54.6 Å². The Morgan fingerprint density at radius 2 is 1.83 bits per heavy atom. The predicted molar refractivity (Wildman–Crippen MR) is 120 cm³/mol. The van der Waals surface area contributed by atoms with Crippen LogP contribution in [0.25, 0.3) is 0 Å². The number of phenols is 1. The molecule has 2 aromatic rings. The largest absolute Gasteiger partial charge is 0.508 e. The van der Waals surface area contributed by atoms with Gasteiger partial charge in [-0.15, -0.1) is 0 Å². The van der Waals surface area contributed by atoms with Crippen LogP contribution in [0.4, 0.5) is 4.79 Å². The molecule has 2 amide bonds. The molecule has 6 nitrogen and oxygen atoms in total. The van der Waals surface area contributed by atoms with Gasteiger partial charge in [-0.05, 0) is 63.3 Å². The molecule has 0 bridgehead atoms. The molecular weight excluding hydrogens is 376 g/mol. The van der Waals surface area contributed by atoms with Gasteiger partial charge in [0, 0.05) is 26.2 Å². The molecule has 0 spiro atoms. The number of carbonyl (C=O) groups excluding carboxylic acids is 1. The van der Waals surface area contributed by atoms with Crippen molar-refractivity contribution in [3.63, 3.8) is 0 Å². The zero-order valence-electron chi connectivity index (χ0n) is 18.3. The molecule has 1 atom stereocenters. The minimum Gasteiger partial charge on any atom is -0.508 e. The van der Waals surface area contributed by atoms with Crippen LogP contribution in [0.1, 0.15) is 30.0 Å². The Hall–Kier alpha value is -2.57. The number of hydrogen-bond donors (Lipinski definition) is 2. The summed E-state index contributed by atoms with van der Waals surface area (Å²) in [4.78, 5) is 19.4. The topological polar surface area (TPSA) is 59.0 Å². The number of carbonyl (C=O) groups is 1. The second kappa shape index (κ2) is 10.5. The lowest BCUT2D eigenvalue weighted by Gasteiger charge is -2.37. The van der Waals surface area contributed by atoms with Crippen LogP contribution in [0.3, 0.4) is 0 Å². The molecule has 1 aliphatic rings. The number of nitrogens with zero attached hydrogens (tertiary/aromatic N) is 3. The van der Waals surface area contributed by atoms with E-state index in [4.69, 9.17) is 0 Å². The van der Waals surface area contributed by atoms with E-state index in [9.17, 15) is 9.90 Å². The summed E-state index contributed by atoms with van der Waals surface area (Å²) in [5.74, 6) is 0.211. The van der Waals surface area contributed by atoms with Crippen LogP contribution in [0.2, 0.25) is 0 Å². The molecule has 0 aliphatic carbocycles. The van der Waals surface area contributed by atoms with Gasteiger partial charge >= 0.3 is 6.03 Å². The van der Waals surface area contributed by atoms with Gasteiger partial charge in [-0.2, -0.15) is 0 Å². The maximum atomic E-state index is 12.9. The first-order valence-corrected chi connectivity index (χ1v) is 10.7. The van der Waals surface area contributed by atoms with Crippen molar-refractivity contribution in [3.05, 3.63) is 65.7 Å². The van der Waals surface area contributed by atoms with E-state index in [-0.39, 0.29) is 17.8 Å². The van der Waals surface area contributed by atoms with Gasteiger partial charge in [0.05, 0.1) is 6.04 Å². The van der Waals surface area contributed by atoms with Crippen molar-refractivity contribution in [1.29, 1.82) is 0 Å². The molecule has 2 N–H and O–H groups in total. The van der Waals surface area contributed by atoms with Crippen LogP contribution in [-0.2, 0) is 6.54 Å². The van der Waals surface area contributed by atoms with E-state index >= 15 is 0 Å². The number of piperidine rings is 1. The monoisotopic (exact) mass is 410 g/mol. The summed E-state index contributed by atoms with van der Waals surface area (Å²) < 4.78 is 0. The summed E-state index contributed by atoms with van der Waals surface area (Å²) in [7, 11) is 6.11.